The van der Waals surface area contributed by atoms with Crippen molar-refractivity contribution in [3.8, 4) is 0 Å². The molecule has 2 aromatic rings. The van der Waals surface area contributed by atoms with Crippen LogP contribution in [0.4, 0.5) is 18.9 Å². The van der Waals surface area contributed by atoms with Crippen LogP contribution in [0.3, 0.4) is 0 Å². The molecule has 1 heterocycles. The first-order valence-electron chi connectivity index (χ1n) is 15.4. The van der Waals surface area contributed by atoms with Crippen LogP contribution in [0, 0.1) is 5.92 Å². The molecule has 0 bridgehead atoms. The van der Waals surface area contributed by atoms with Crippen LogP contribution in [0.15, 0.2) is 48.5 Å². The van der Waals surface area contributed by atoms with E-state index in [0.29, 0.717) is 23.9 Å². The van der Waals surface area contributed by atoms with Gasteiger partial charge in [0.2, 0.25) is 5.91 Å². The molecule has 0 aromatic heterocycles. The molecule has 3 rings (SSSR count). The molecule has 2 amide bonds. The number of carboxylic acid groups (broad SMARTS) is 1. The number of rotatable bonds is 10. The minimum atomic E-state index is -5.08. The number of nitrogens with one attached hydrogen (secondary N) is 1. The molecule has 7 nitrogen and oxygen atoms in total. The van der Waals surface area contributed by atoms with E-state index in [0.717, 1.165) is 57.5 Å². The molecule has 0 radical (unpaired) electrons. The highest BCUT2D eigenvalue weighted by atomic mass is 19.4. The summed E-state index contributed by atoms with van der Waals surface area (Å²) >= 11 is 0. The molecule has 1 atom stereocenters. The van der Waals surface area contributed by atoms with Gasteiger partial charge < -0.3 is 20.2 Å². The Hall–Kier alpha value is -3.40. The Balaban J connectivity index is 0.000000860. The van der Waals surface area contributed by atoms with E-state index in [1.54, 1.807) is 0 Å². The number of amides is 2. The first kappa shape index (κ1) is 36.8. The lowest BCUT2D eigenvalue weighted by Crippen LogP contribution is -2.44. The van der Waals surface area contributed by atoms with Crippen molar-refractivity contribution in [3.05, 3.63) is 65.2 Å². The Morgan fingerprint density at radius 3 is 2.11 bits per heavy atom. The second kappa shape index (κ2) is 16.6. The number of halogens is 3. The smallest absolute Gasteiger partial charge is 0.475 e. The minimum absolute atomic E-state index is 0.0666. The lowest BCUT2D eigenvalue weighted by Gasteiger charge is -2.37. The third-order valence-corrected chi connectivity index (χ3v) is 7.87. The summed E-state index contributed by atoms with van der Waals surface area (Å²) in [5.74, 6) is -1.91. The van der Waals surface area contributed by atoms with Crippen LogP contribution in [0.1, 0.15) is 88.7 Å². The summed E-state index contributed by atoms with van der Waals surface area (Å²) in [6, 6.07) is 16.6. The first-order chi connectivity index (χ1) is 20.5. The molecule has 0 spiro atoms. The summed E-state index contributed by atoms with van der Waals surface area (Å²) in [5, 5.41) is 10.2. The quantitative estimate of drug-likeness (QED) is 0.295. The van der Waals surface area contributed by atoms with Gasteiger partial charge in [-0.05, 0) is 85.9 Å². The first-order valence-corrected chi connectivity index (χ1v) is 15.4. The molecule has 44 heavy (non-hydrogen) atoms. The number of alkyl halides is 3. The van der Waals surface area contributed by atoms with Gasteiger partial charge in [-0.3, -0.25) is 9.59 Å². The van der Waals surface area contributed by atoms with Gasteiger partial charge in [0.05, 0.1) is 0 Å². The van der Waals surface area contributed by atoms with Gasteiger partial charge in [-0.25, -0.2) is 4.79 Å². The standard InChI is InChI=1S/C32H47N3O2.C2HF3O2/c1-7-18-35(23-25-16-19-34(20-17-25)30(36)8-2)24(3)21-26-10-9-11-29(22-26)33-31(37)27-12-14-28(15-13-27)32(4,5)6;3-2(4,5)1(6)7/h9-15,22,24-25H,7-8,16-21,23H2,1-6H3,(H,33,37);(H,6,7). The fraction of sp³-hybridized carbons (Fsp3) is 0.559. The van der Waals surface area contributed by atoms with Gasteiger partial charge in [-0.1, -0.05) is 58.9 Å². The SMILES string of the molecule is CCCN(CC1CCN(C(=O)CC)CC1)C(C)Cc1cccc(NC(=O)c2ccc(C(C)(C)C)cc2)c1.O=C(O)C(F)(F)F. The summed E-state index contributed by atoms with van der Waals surface area (Å²) in [7, 11) is 0. The molecule has 1 saturated heterocycles. The van der Waals surface area contributed by atoms with Crippen LogP contribution in [0.5, 0.6) is 0 Å². The number of benzene rings is 2. The monoisotopic (exact) mass is 619 g/mol. The zero-order valence-electron chi connectivity index (χ0n) is 26.8. The minimum Gasteiger partial charge on any atom is -0.475 e. The third-order valence-electron chi connectivity index (χ3n) is 7.87. The van der Waals surface area contributed by atoms with E-state index in [1.807, 2.05) is 48.2 Å². The predicted octanol–water partition coefficient (Wildman–Crippen LogP) is 7.16. The molecule has 2 aromatic carbocycles. The van der Waals surface area contributed by atoms with Gasteiger partial charge in [-0.2, -0.15) is 13.2 Å². The van der Waals surface area contributed by atoms with Crippen molar-refractivity contribution >= 4 is 23.5 Å². The molecular formula is C34H48F3N3O4. The Kier molecular flexibility index (Phi) is 13.9. The van der Waals surface area contributed by atoms with E-state index in [-0.39, 0.29) is 17.2 Å². The molecule has 1 unspecified atom stereocenters. The van der Waals surface area contributed by atoms with E-state index in [1.165, 1.54) is 11.1 Å². The van der Waals surface area contributed by atoms with Gasteiger partial charge in [-0.15, -0.1) is 0 Å². The highest BCUT2D eigenvalue weighted by molar-refractivity contribution is 6.04. The summed E-state index contributed by atoms with van der Waals surface area (Å²) in [4.78, 5) is 38.4. The summed E-state index contributed by atoms with van der Waals surface area (Å²) in [5.41, 5.74) is 4.03. The van der Waals surface area contributed by atoms with Crippen molar-refractivity contribution in [2.75, 3.05) is 31.5 Å². The number of anilines is 1. The topological polar surface area (TPSA) is 90.0 Å². The number of hydrogen-bond acceptors (Lipinski definition) is 4. The van der Waals surface area contributed by atoms with Crippen LogP contribution >= 0.6 is 0 Å². The van der Waals surface area contributed by atoms with Crippen LogP contribution in [-0.4, -0.2) is 71.1 Å². The molecule has 10 heteroatoms. The second-order valence-corrected chi connectivity index (χ2v) is 12.5. The van der Waals surface area contributed by atoms with Crippen LogP contribution < -0.4 is 5.32 Å². The average Bonchev–Trinajstić information content (AvgIpc) is 2.96. The van der Waals surface area contributed by atoms with E-state index >= 15 is 0 Å². The zero-order chi connectivity index (χ0) is 33.1. The van der Waals surface area contributed by atoms with Gasteiger partial charge in [0.15, 0.2) is 0 Å². The Bertz CT molecular complexity index is 1220. The molecule has 1 aliphatic heterocycles. The van der Waals surface area contributed by atoms with Crippen molar-refractivity contribution in [2.45, 2.75) is 91.3 Å². The van der Waals surface area contributed by atoms with Crippen molar-refractivity contribution in [3.63, 3.8) is 0 Å². The molecule has 244 valence electrons. The van der Waals surface area contributed by atoms with Gasteiger partial charge in [0.25, 0.3) is 5.91 Å². The predicted molar refractivity (Wildman–Crippen MR) is 168 cm³/mol. The molecular weight excluding hydrogens is 571 g/mol. The van der Waals surface area contributed by atoms with E-state index in [9.17, 15) is 22.8 Å². The highest BCUT2D eigenvalue weighted by Gasteiger charge is 2.38. The second-order valence-electron chi connectivity index (χ2n) is 12.5. The molecule has 1 fully saturated rings. The third kappa shape index (κ3) is 11.9. The lowest BCUT2D eigenvalue weighted by atomic mass is 9.87. The van der Waals surface area contributed by atoms with Crippen LogP contribution in [0.25, 0.3) is 0 Å². The molecule has 1 aliphatic rings. The number of aliphatic carboxylic acids is 1. The van der Waals surface area contributed by atoms with Gasteiger partial charge in [0.1, 0.15) is 0 Å². The van der Waals surface area contributed by atoms with Gasteiger partial charge >= 0.3 is 12.1 Å². The maximum Gasteiger partial charge on any atom is 0.490 e. The van der Waals surface area contributed by atoms with E-state index < -0.39 is 12.1 Å². The number of hydrogen-bond donors (Lipinski definition) is 2. The maximum absolute atomic E-state index is 12.9. The molecule has 0 saturated carbocycles. The van der Waals surface area contributed by atoms with Crippen molar-refractivity contribution < 1.29 is 32.7 Å². The highest BCUT2D eigenvalue weighted by Crippen LogP contribution is 2.24. The molecule has 2 N–H and O–H groups in total. The van der Waals surface area contributed by atoms with Crippen molar-refractivity contribution in [1.82, 2.24) is 9.80 Å². The van der Waals surface area contributed by atoms with E-state index in [4.69, 9.17) is 9.90 Å². The number of nitrogens with zero attached hydrogens (tertiary/aromatic N) is 2. The largest absolute Gasteiger partial charge is 0.490 e. The molecule has 0 aliphatic carbocycles. The Labute approximate surface area is 259 Å². The number of carbonyl (C=O) groups is 3. The fourth-order valence-electron chi connectivity index (χ4n) is 5.27. The maximum atomic E-state index is 12.9. The average molecular weight is 620 g/mol. The number of carbonyl (C=O) groups excluding carboxylic acids is 2. The Morgan fingerprint density at radius 2 is 1.61 bits per heavy atom. The summed E-state index contributed by atoms with van der Waals surface area (Å²) < 4.78 is 31.7. The number of likely N-dealkylation sites (tertiary alicyclic amines) is 1. The van der Waals surface area contributed by atoms with Crippen molar-refractivity contribution in [2.24, 2.45) is 5.92 Å². The fourth-order valence-corrected chi connectivity index (χ4v) is 5.27. The van der Waals surface area contributed by atoms with E-state index in [2.05, 4.69) is 57.0 Å². The van der Waals surface area contributed by atoms with Crippen LogP contribution in [-0.2, 0) is 21.4 Å². The summed E-state index contributed by atoms with van der Waals surface area (Å²) in [6.07, 6.45) is -0.223. The van der Waals surface area contributed by atoms with Gasteiger partial charge in [0, 0.05) is 43.3 Å². The zero-order valence-corrected chi connectivity index (χ0v) is 26.8. The number of carboxylic acids is 1. The summed E-state index contributed by atoms with van der Waals surface area (Å²) in [6.45, 7) is 17.0. The normalized spacial score (nSPS) is 14.9. The Morgan fingerprint density at radius 1 is 1.02 bits per heavy atom. The van der Waals surface area contributed by atoms with Crippen LogP contribution in [0.2, 0.25) is 0 Å². The van der Waals surface area contributed by atoms with Crippen molar-refractivity contribution in [1.29, 1.82) is 0 Å². The number of piperidine rings is 1. The lowest BCUT2D eigenvalue weighted by molar-refractivity contribution is -0.192.